The number of benzene rings is 2. The van der Waals surface area contributed by atoms with E-state index in [0.29, 0.717) is 33.9 Å². The lowest BCUT2D eigenvalue weighted by atomic mass is 10.1. The Morgan fingerprint density at radius 3 is 2.50 bits per heavy atom. The molecule has 0 aliphatic heterocycles. The molecular weight excluding hydrogens is 374 g/mol. The van der Waals surface area contributed by atoms with E-state index < -0.39 is 5.97 Å². The first kappa shape index (κ1) is 18.2. The van der Waals surface area contributed by atoms with E-state index in [0.717, 1.165) is 16.8 Å². The average molecular weight is 392 g/mol. The zero-order valence-corrected chi connectivity index (χ0v) is 16.3. The second kappa shape index (κ2) is 7.44. The summed E-state index contributed by atoms with van der Waals surface area (Å²) in [5.41, 5.74) is 4.47. The Morgan fingerprint density at radius 2 is 1.82 bits per heavy atom. The molecule has 0 fully saturated rings. The highest BCUT2D eigenvalue weighted by atomic mass is 35.5. The van der Waals surface area contributed by atoms with Crippen molar-refractivity contribution in [2.24, 2.45) is 0 Å². The van der Waals surface area contributed by atoms with Crippen molar-refractivity contribution in [1.29, 1.82) is 0 Å². The molecule has 0 amide bonds. The topological polar surface area (TPSA) is 57.0 Å². The van der Waals surface area contributed by atoms with Crippen molar-refractivity contribution in [2.45, 2.75) is 13.5 Å². The van der Waals surface area contributed by atoms with Crippen LogP contribution in [0.3, 0.4) is 0 Å². The smallest absolute Gasteiger partial charge is 0.338 e. The molecule has 2 aromatic heterocycles. The molecule has 6 heteroatoms. The van der Waals surface area contributed by atoms with Crippen LogP contribution >= 0.6 is 11.6 Å². The monoisotopic (exact) mass is 391 g/mol. The summed E-state index contributed by atoms with van der Waals surface area (Å²) in [6.07, 6.45) is 0. The van der Waals surface area contributed by atoms with Crippen molar-refractivity contribution in [3.63, 3.8) is 0 Å². The van der Waals surface area contributed by atoms with Crippen LogP contribution in [-0.4, -0.2) is 27.8 Å². The van der Waals surface area contributed by atoms with E-state index in [1.165, 1.54) is 7.11 Å². The highest BCUT2D eigenvalue weighted by Gasteiger charge is 2.20. The van der Waals surface area contributed by atoms with Gasteiger partial charge in [0.05, 0.1) is 36.0 Å². The summed E-state index contributed by atoms with van der Waals surface area (Å²) in [6.45, 7) is 2.43. The fourth-order valence-electron chi connectivity index (χ4n) is 3.26. The number of pyridine rings is 1. The lowest BCUT2D eigenvalue weighted by Gasteiger charge is -2.08. The van der Waals surface area contributed by atoms with E-state index in [-0.39, 0.29) is 0 Å². The maximum absolute atomic E-state index is 12.5. The molecule has 28 heavy (non-hydrogen) atoms. The van der Waals surface area contributed by atoms with Gasteiger partial charge in [-0.05, 0) is 30.7 Å². The predicted octanol–water partition coefficient (Wildman–Crippen LogP) is 4.90. The quantitative estimate of drug-likeness (QED) is 0.464. The van der Waals surface area contributed by atoms with Gasteiger partial charge in [-0.15, -0.1) is 0 Å². The second-order valence-corrected chi connectivity index (χ2v) is 6.92. The number of methoxy groups -OCH3 is 1. The van der Waals surface area contributed by atoms with Gasteiger partial charge in [-0.3, -0.25) is 0 Å². The SMILES string of the molecule is COC(=O)c1cc(-c2ccc(Cl)cc2)nc2c1c(C)nn2Cc1ccccc1. The van der Waals surface area contributed by atoms with Gasteiger partial charge >= 0.3 is 5.97 Å². The van der Waals surface area contributed by atoms with E-state index >= 15 is 0 Å². The van der Waals surface area contributed by atoms with Gasteiger partial charge in [0.2, 0.25) is 0 Å². The lowest BCUT2D eigenvalue weighted by molar-refractivity contribution is 0.0603. The van der Waals surface area contributed by atoms with Gasteiger partial charge in [0.25, 0.3) is 0 Å². The Kier molecular flexibility index (Phi) is 4.84. The van der Waals surface area contributed by atoms with E-state index in [2.05, 4.69) is 5.10 Å². The number of carbonyl (C=O) groups excluding carboxylic acids is 1. The molecule has 0 saturated heterocycles. The predicted molar refractivity (Wildman–Crippen MR) is 110 cm³/mol. The number of aromatic nitrogens is 3. The van der Waals surface area contributed by atoms with Crippen LogP contribution in [-0.2, 0) is 11.3 Å². The number of hydrogen-bond acceptors (Lipinski definition) is 4. The van der Waals surface area contributed by atoms with E-state index in [4.69, 9.17) is 21.3 Å². The Balaban J connectivity index is 1.93. The van der Waals surface area contributed by atoms with Crippen LogP contribution < -0.4 is 0 Å². The van der Waals surface area contributed by atoms with Gasteiger partial charge in [0.1, 0.15) is 0 Å². The second-order valence-electron chi connectivity index (χ2n) is 6.48. The summed E-state index contributed by atoms with van der Waals surface area (Å²) in [4.78, 5) is 17.3. The molecule has 0 aliphatic carbocycles. The first-order valence-corrected chi connectivity index (χ1v) is 9.21. The molecule has 2 heterocycles. The van der Waals surface area contributed by atoms with E-state index in [1.54, 1.807) is 18.2 Å². The van der Waals surface area contributed by atoms with Crippen molar-refractivity contribution in [3.05, 3.63) is 82.5 Å². The minimum atomic E-state index is -0.412. The fraction of sp³-hybridized carbons (Fsp3) is 0.136. The van der Waals surface area contributed by atoms with Crippen LogP contribution in [0.1, 0.15) is 21.6 Å². The number of aryl methyl sites for hydroxylation is 1. The summed E-state index contributed by atoms with van der Waals surface area (Å²) in [5.74, 6) is -0.412. The van der Waals surface area contributed by atoms with E-state index in [1.807, 2.05) is 54.1 Å². The Morgan fingerprint density at radius 1 is 1.11 bits per heavy atom. The van der Waals surface area contributed by atoms with Crippen molar-refractivity contribution in [1.82, 2.24) is 14.8 Å². The molecule has 0 bridgehead atoms. The van der Waals surface area contributed by atoms with Gasteiger partial charge < -0.3 is 4.74 Å². The van der Waals surface area contributed by atoms with E-state index in [9.17, 15) is 4.79 Å². The van der Waals surface area contributed by atoms with Crippen molar-refractivity contribution in [2.75, 3.05) is 7.11 Å². The number of fused-ring (bicyclic) bond motifs is 1. The van der Waals surface area contributed by atoms with Crippen molar-refractivity contribution >= 4 is 28.6 Å². The lowest BCUT2D eigenvalue weighted by Crippen LogP contribution is -2.06. The van der Waals surface area contributed by atoms with Crippen LogP contribution in [0.15, 0.2) is 60.7 Å². The molecular formula is C22H18ClN3O2. The third kappa shape index (κ3) is 3.37. The Labute approximate surface area is 167 Å². The van der Waals surface area contributed by atoms with Gasteiger partial charge in [-0.2, -0.15) is 5.10 Å². The van der Waals surface area contributed by atoms with Crippen LogP contribution in [0.2, 0.25) is 5.02 Å². The molecule has 5 nitrogen and oxygen atoms in total. The highest BCUT2D eigenvalue weighted by Crippen LogP contribution is 2.28. The molecule has 4 aromatic rings. The minimum Gasteiger partial charge on any atom is -0.465 e. The summed E-state index contributed by atoms with van der Waals surface area (Å²) >= 11 is 6.01. The minimum absolute atomic E-state index is 0.412. The molecule has 2 aromatic carbocycles. The molecule has 0 aliphatic rings. The molecule has 0 saturated carbocycles. The van der Waals surface area contributed by atoms with Gasteiger partial charge in [-0.1, -0.05) is 54.1 Å². The Bertz CT molecular complexity index is 1150. The number of esters is 1. The average Bonchev–Trinajstić information content (AvgIpc) is 3.03. The molecule has 0 unspecified atom stereocenters. The number of rotatable bonds is 4. The first-order chi connectivity index (χ1) is 13.6. The molecule has 0 radical (unpaired) electrons. The molecule has 0 N–H and O–H groups in total. The number of ether oxygens (including phenoxy) is 1. The zero-order valence-electron chi connectivity index (χ0n) is 15.5. The molecule has 4 rings (SSSR count). The van der Waals surface area contributed by atoms with Gasteiger partial charge in [0, 0.05) is 10.6 Å². The molecule has 0 atom stereocenters. The van der Waals surface area contributed by atoms with Gasteiger partial charge in [0.15, 0.2) is 5.65 Å². The van der Waals surface area contributed by atoms with Crippen LogP contribution in [0.25, 0.3) is 22.3 Å². The number of nitrogens with zero attached hydrogens (tertiary/aromatic N) is 3. The third-order valence-electron chi connectivity index (χ3n) is 4.60. The molecule has 0 spiro atoms. The van der Waals surface area contributed by atoms with Crippen LogP contribution in [0.4, 0.5) is 0 Å². The van der Waals surface area contributed by atoms with Gasteiger partial charge in [-0.25, -0.2) is 14.5 Å². The number of halogens is 1. The largest absolute Gasteiger partial charge is 0.465 e. The summed E-state index contributed by atoms with van der Waals surface area (Å²) in [5, 5.41) is 5.99. The summed E-state index contributed by atoms with van der Waals surface area (Å²) in [7, 11) is 1.38. The first-order valence-electron chi connectivity index (χ1n) is 8.83. The zero-order chi connectivity index (χ0) is 19.7. The van der Waals surface area contributed by atoms with Crippen molar-refractivity contribution < 1.29 is 9.53 Å². The van der Waals surface area contributed by atoms with Crippen LogP contribution in [0.5, 0.6) is 0 Å². The highest BCUT2D eigenvalue weighted by molar-refractivity contribution is 6.30. The fourth-order valence-corrected chi connectivity index (χ4v) is 3.39. The summed E-state index contributed by atoms with van der Waals surface area (Å²) in [6, 6.07) is 19.1. The maximum Gasteiger partial charge on any atom is 0.338 e. The number of carbonyl (C=O) groups is 1. The normalized spacial score (nSPS) is 11.0. The Hall–Kier alpha value is -3.18. The summed E-state index contributed by atoms with van der Waals surface area (Å²) < 4.78 is 6.84. The number of hydrogen-bond donors (Lipinski definition) is 0. The third-order valence-corrected chi connectivity index (χ3v) is 4.85. The van der Waals surface area contributed by atoms with Crippen LogP contribution in [0, 0.1) is 6.92 Å². The maximum atomic E-state index is 12.5. The molecule has 140 valence electrons. The van der Waals surface area contributed by atoms with Crippen molar-refractivity contribution in [3.8, 4) is 11.3 Å². The standard InChI is InChI=1S/C22H18ClN3O2/c1-14-20-18(22(27)28-2)12-19(16-8-10-17(23)11-9-16)24-21(20)26(25-14)13-15-6-4-3-5-7-15/h3-12H,13H2,1-2H3.